The second-order valence-electron chi connectivity index (χ2n) is 11.2. The summed E-state index contributed by atoms with van der Waals surface area (Å²) in [5.74, 6) is -0.806. The SMILES string of the molecule is CCOC(=O)C1CCN(C(=O)c2ccccc2)C1c1ccc(NC(=O)Cc2ccc(NC(=O)Nc3ccccc3C)c(OC)c2)cc1. The van der Waals surface area contributed by atoms with Crippen molar-refractivity contribution in [2.45, 2.75) is 32.7 Å². The number of methoxy groups -OCH3 is 1. The Kier molecular flexibility index (Phi) is 10.5. The summed E-state index contributed by atoms with van der Waals surface area (Å²) in [6, 6.07) is 27.9. The maximum absolute atomic E-state index is 13.4. The lowest BCUT2D eigenvalue weighted by Gasteiger charge is -2.28. The van der Waals surface area contributed by atoms with E-state index in [9.17, 15) is 19.2 Å². The summed E-state index contributed by atoms with van der Waals surface area (Å²) in [4.78, 5) is 53.6. The molecule has 4 aromatic carbocycles. The number of aryl methyl sites for hydroxylation is 1. The van der Waals surface area contributed by atoms with Crippen LogP contribution in [0.15, 0.2) is 97.1 Å². The fraction of sp³-hybridized carbons (Fsp3) is 0.243. The molecule has 1 fully saturated rings. The molecule has 0 aromatic heterocycles. The van der Waals surface area contributed by atoms with E-state index < -0.39 is 18.0 Å². The molecule has 10 nitrogen and oxygen atoms in total. The zero-order valence-corrected chi connectivity index (χ0v) is 26.6. The van der Waals surface area contributed by atoms with Crippen molar-refractivity contribution in [1.82, 2.24) is 4.90 Å². The number of carbonyl (C=O) groups excluding carboxylic acids is 4. The van der Waals surface area contributed by atoms with E-state index in [1.165, 1.54) is 7.11 Å². The number of urea groups is 1. The van der Waals surface area contributed by atoms with Gasteiger partial charge in [0.15, 0.2) is 0 Å². The molecule has 0 bridgehead atoms. The zero-order valence-electron chi connectivity index (χ0n) is 26.6. The van der Waals surface area contributed by atoms with E-state index in [0.717, 1.165) is 11.1 Å². The van der Waals surface area contributed by atoms with Gasteiger partial charge in [-0.05, 0) is 79.4 Å². The van der Waals surface area contributed by atoms with Crippen molar-refractivity contribution in [3.63, 3.8) is 0 Å². The smallest absolute Gasteiger partial charge is 0.323 e. The molecule has 0 spiro atoms. The number of nitrogens with one attached hydrogen (secondary N) is 3. The van der Waals surface area contributed by atoms with Gasteiger partial charge in [-0.1, -0.05) is 54.6 Å². The number of para-hydroxylation sites is 1. The first-order chi connectivity index (χ1) is 22.8. The van der Waals surface area contributed by atoms with Crippen molar-refractivity contribution >= 4 is 40.9 Å². The molecule has 3 N–H and O–H groups in total. The van der Waals surface area contributed by atoms with Crippen LogP contribution in [0.5, 0.6) is 5.75 Å². The van der Waals surface area contributed by atoms with Crippen LogP contribution in [0.4, 0.5) is 21.9 Å². The zero-order chi connectivity index (χ0) is 33.3. The maximum Gasteiger partial charge on any atom is 0.323 e. The number of anilines is 3. The van der Waals surface area contributed by atoms with E-state index in [0.29, 0.717) is 46.9 Å². The van der Waals surface area contributed by atoms with Gasteiger partial charge in [0, 0.05) is 23.5 Å². The summed E-state index contributed by atoms with van der Waals surface area (Å²) in [5, 5.41) is 8.52. The molecule has 1 saturated heterocycles. The van der Waals surface area contributed by atoms with Crippen LogP contribution >= 0.6 is 0 Å². The number of carbonyl (C=O) groups is 4. The predicted molar refractivity (Wildman–Crippen MR) is 181 cm³/mol. The minimum atomic E-state index is -0.496. The number of hydrogen-bond donors (Lipinski definition) is 3. The Morgan fingerprint density at radius 3 is 2.23 bits per heavy atom. The number of ether oxygens (including phenoxy) is 2. The van der Waals surface area contributed by atoms with Crippen LogP contribution in [0.2, 0.25) is 0 Å². The average Bonchev–Trinajstić information content (AvgIpc) is 3.52. The number of benzene rings is 4. The van der Waals surface area contributed by atoms with Gasteiger partial charge >= 0.3 is 12.0 Å². The van der Waals surface area contributed by atoms with E-state index in [1.54, 1.807) is 54.3 Å². The van der Waals surface area contributed by atoms with Crippen LogP contribution in [-0.4, -0.2) is 49.0 Å². The second-order valence-corrected chi connectivity index (χ2v) is 11.2. The Morgan fingerprint density at radius 2 is 1.53 bits per heavy atom. The number of esters is 1. The van der Waals surface area contributed by atoms with Gasteiger partial charge < -0.3 is 30.3 Å². The van der Waals surface area contributed by atoms with Crippen molar-refractivity contribution in [3.8, 4) is 5.75 Å². The summed E-state index contributed by atoms with van der Waals surface area (Å²) in [6.07, 6.45) is 0.566. The maximum atomic E-state index is 13.4. The fourth-order valence-electron chi connectivity index (χ4n) is 5.77. The monoisotopic (exact) mass is 634 g/mol. The summed E-state index contributed by atoms with van der Waals surface area (Å²) in [7, 11) is 1.50. The first kappa shape index (κ1) is 32.7. The number of hydrogen-bond acceptors (Lipinski definition) is 6. The van der Waals surface area contributed by atoms with Gasteiger partial charge in [0.25, 0.3) is 5.91 Å². The van der Waals surface area contributed by atoms with Crippen molar-refractivity contribution in [2.24, 2.45) is 5.92 Å². The van der Waals surface area contributed by atoms with Gasteiger partial charge in [-0.3, -0.25) is 14.4 Å². The van der Waals surface area contributed by atoms with Gasteiger partial charge in [0.2, 0.25) is 5.91 Å². The molecule has 2 unspecified atom stereocenters. The normalized spacial score (nSPS) is 15.4. The summed E-state index contributed by atoms with van der Waals surface area (Å²) in [6.45, 7) is 4.35. The minimum Gasteiger partial charge on any atom is -0.495 e. The topological polar surface area (TPSA) is 126 Å². The van der Waals surface area contributed by atoms with Crippen LogP contribution in [0.1, 0.15) is 46.4 Å². The standard InChI is InChI=1S/C37H38N4O6/c1-4-47-36(44)29-20-21-41(35(43)27-11-6-5-7-12-27)34(29)26-15-17-28(18-16-26)38-33(42)23-25-14-19-31(32(22-25)46-3)40-37(45)39-30-13-9-8-10-24(30)2/h5-19,22,29,34H,4,20-21,23H2,1-3H3,(H,38,42)(H2,39,40,45). The number of nitrogens with zero attached hydrogens (tertiary/aromatic N) is 1. The number of likely N-dealkylation sites (tertiary alicyclic amines) is 1. The molecule has 10 heteroatoms. The van der Waals surface area contributed by atoms with Crippen LogP contribution in [-0.2, 0) is 20.7 Å². The summed E-state index contributed by atoms with van der Waals surface area (Å²) < 4.78 is 10.8. The van der Waals surface area contributed by atoms with Gasteiger partial charge in [-0.25, -0.2) is 4.79 Å². The van der Waals surface area contributed by atoms with Crippen molar-refractivity contribution in [3.05, 3.63) is 119 Å². The molecule has 242 valence electrons. The molecule has 4 aromatic rings. The summed E-state index contributed by atoms with van der Waals surface area (Å²) >= 11 is 0. The lowest BCUT2D eigenvalue weighted by atomic mass is 9.93. The van der Waals surface area contributed by atoms with Crippen molar-refractivity contribution < 1.29 is 28.7 Å². The van der Waals surface area contributed by atoms with Crippen molar-refractivity contribution in [2.75, 3.05) is 36.2 Å². The Morgan fingerprint density at radius 1 is 0.830 bits per heavy atom. The highest BCUT2D eigenvalue weighted by Crippen LogP contribution is 2.39. The first-order valence-electron chi connectivity index (χ1n) is 15.5. The molecular weight excluding hydrogens is 596 g/mol. The summed E-state index contributed by atoms with van der Waals surface area (Å²) in [5.41, 5.74) is 4.70. The lowest BCUT2D eigenvalue weighted by Crippen LogP contribution is -2.34. The third-order valence-corrected chi connectivity index (χ3v) is 8.08. The van der Waals surface area contributed by atoms with E-state index in [-0.39, 0.29) is 30.8 Å². The van der Waals surface area contributed by atoms with Crippen molar-refractivity contribution in [1.29, 1.82) is 0 Å². The molecule has 1 aliphatic heterocycles. The predicted octanol–water partition coefficient (Wildman–Crippen LogP) is 6.60. The third kappa shape index (κ3) is 7.96. The molecule has 5 rings (SSSR count). The van der Waals surface area contributed by atoms with Crippen LogP contribution < -0.4 is 20.7 Å². The fourth-order valence-corrected chi connectivity index (χ4v) is 5.77. The first-order valence-corrected chi connectivity index (χ1v) is 15.5. The Labute approximate surface area is 274 Å². The average molecular weight is 635 g/mol. The molecule has 47 heavy (non-hydrogen) atoms. The highest BCUT2D eigenvalue weighted by Gasteiger charge is 2.43. The number of amides is 4. The number of rotatable bonds is 10. The third-order valence-electron chi connectivity index (χ3n) is 8.08. The van der Waals surface area contributed by atoms with Gasteiger partial charge in [-0.15, -0.1) is 0 Å². The molecule has 1 heterocycles. The lowest BCUT2D eigenvalue weighted by molar-refractivity contribution is -0.148. The highest BCUT2D eigenvalue weighted by molar-refractivity contribution is 6.01. The van der Waals surface area contributed by atoms with E-state index in [4.69, 9.17) is 9.47 Å². The Balaban J connectivity index is 1.24. The highest BCUT2D eigenvalue weighted by atomic mass is 16.5. The second kappa shape index (κ2) is 15.1. The largest absolute Gasteiger partial charge is 0.495 e. The quantitative estimate of drug-likeness (QED) is 0.169. The minimum absolute atomic E-state index is 0.0701. The molecule has 2 atom stereocenters. The van der Waals surface area contributed by atoms with Crippen LogP contribution in [0.25, 0.3) is 0 Å². The van der Waals surface area contributed by atoms with Crippen LogP contribution in [0.3, 0.4) is 0 Å². The Hall–Kier alpha value is -5.64. The van der Waals surface area contributed by atoms with Crippen LogP contribution in [0, 0.1) is 12.8 Å². The molecular formula is C37H38N4O6. The molecule has 0 aliphatic carbocycles. The molecule has 0 radical (unpaired) electrons. The molecule has 4 amide bonds. The Bertz CT molecular complexity index is 1740. The van der Waals surface area contributed by atoms with E-state index >= 15 is 0 Å². The van der Waals surface area contributed by atoms with Gasteiger partial charge in [0.1, 0.15) is 5.75 Å². The van der Waals surface area contributed by atoms with E-state index in [1.807, 2.05) is 61.5 Å². The van der Waals surface area contributed by atoms with E-state index in [2.05, 4.69) is 16.0 Å². The molecule has 0 saturated carbocycles. The molecule has 1 aliphatic rings. The van der Waals surface area contributed by atoms with Gasteiger partial charge in [-0.2, -0.15) is 0 Å². The van der Waals surface area contributed by atoms with Gasteiger partial charge in [0.05, 0.1) is 37.8 Å².